The van der Waals surface area contributed by atoms with Gasteiger partial charge in [0.2, 0.25) is 0 Å². The molecule has 0 aliphatic carbocycles. The molecule has 1 saturated heterocycles. The minimum atomic E-state index is -4.25. The van der Waals surface area contributed by atoms with Crippen molar-refractivity contribution >= 4 is 0 Å². The summed E-state index contributed by atoms with van der Waals surface area (Å²) in [6.45, 7) is 2.09. The largest absolute Gasteiger partial charge is 0.416 e. The van der Waals surface area contributed by atoms with Crippen molar-refractivity contribution < 1.29 is 13.2 Å². The van der Waals surface area contributed by atoms with E-state index in [1.807, 2.05) is 0 Å². The van der Waals surface area contributed by atoms with Gasteiger partial charge >= 0.3 is 6.18 Å². The van der Waals surface area contributed by atoms with E-state index in [1.54, 1.807) is 12.1 Å². The zero-order valence-electron chi connectivity index (χ0n) is 10.4. The van der Waals surface area contributed by atoms with Crippen LogP contribution in [-0.4, -0.2) is 12.1 Å². The van der Waals surface area contributed by atoms with E-state index in [0.717, 1.165) is 19.3 Å². The summed E-state index contributed by atoms with van der Waals surface area (Å²) in [5, 5.41) is 3.38. The van der Waals surface area contributed by atoms with E-state index in [2.05, 4.69) is 12.2 Å². The van der Waals surface area contributed by atoms with Gasteiger partial charge in [-0.1, -0.05) is 24.6 Å². The Bertz CT molecular complexity index is 400. The van der Waals surface area contributed by atoms with Crippen molar-refractivity contribution in [3.05, 3.63) is 35.4 Å². The van der Waals surface area contributed by atoms with E-state index in [9.17, 15) is 13.2 Å². The first-order valence-electron chi connectivity index (χ1n) is 6.38. The molecule has 1 nitrogen and oxygen atoms in total. The lowest BCUT2D eigenvalue weighted by Crippen LogP contribution is -2.41. The normalized spacial score (nSPS) is 25.1. The molecular formula is C14H18F3N. The maximum absolute atomic E-state index is 12.9. The average molecular weight is 257 g/mol. The van der Waals surface area contributed by atoms with Crippen molar-refractivity contribution in [2.24, 2.45) is 0 Å². The fourth-order valence-electron chi connectivity index (χ4n) is 2.64. The minimum Gasteiger partial charge on any atom is -0.311 e. The Morgan fingerprint density at radius 1 is 1.22 bits per heavy atom. The first-order chi connectivity index (χ1) is 8.47. The highest BCUT2D eigenvalue weighted by molar-refractivity contribution is 5.30. The second kappa shape index (κ2) is 5.31. The van der Waals surface area contributed by atoms with Gasteiger partial charge in [0.25, 0.3) is 0 Å². The van der Waals surface area contributed by atoms with Crippen LogP contribution in [0, 0.1) is 0 Å². The minimum absolute atomic E-state index is 0.164. The summed E-state index contributed by atoms with van der Waals surface area (Å²) in [5.41, 5.74) is -0.0957. The molecule has 1 heterocycles. The van der Waals surface area contributed by atoms with E-state index in [0.29, 0.717) is 18.0 Å². The second-order valence-corrected chi connectivity index (χ2v) is 5.05. The maximum Gasteiger partial charge on any atom is 0.416 e. The number of nitrogens with one attached hydrogen (secondary N) is 1. The van der Waals surface area contributed by atoms with Gasteiger partial charge in [-0.05, 0) is 37.8 Å². The maximum atomic E-state index is 12.9. The Balaban J connectivity index is 2.13. The Kier molecular flexibility index (Phi) is 3.95. The quantitative estimate of drug-likeness (QED) is 0.850. The number of alkyl halides is 3. The van der Waals surface area contributed by atoms with Gasteiger partial charge in [0.15, 0.2) is 0 Å². The van der Waals surface area contributed by atoms with Gasteiger partial charge in [-0.25, -0.2) is 0 Å². The van der Waals surface area contributed by atoms with Crippen LogP contribution in [0.15, 0.2) is 24.3 Å². The van der Waals surface area contributed by atoms with Crippen LogP contribution in [-0.2, 0) is 12.6 Å². The number of hydrogen-bond donors (Lipinski definition) is 1. The lowest BCUT2D eigenvalue weighted by molar-refractivity contribution is -0.138. The highest BCUT2D eigenvalue weighted by atomic mass is 19.4. The molecule has 1 N–H and O–H groups in total. The molecule has 0 radical (unpaired) electrons. The van der Waals surface area contributed by atoms with Crippen LogP contribution in [0.25, 0.3) is 0 Å². The predicted octanol–water partition coefficient (Wildman–Crippen LogP) is 3.78. The van der Waals surface area contributed by atoms with Gasteiger partial charge in [0.1, 0.15) is 0 Å². The van der Waals surface area contributed by atoms with Crippen LogP contribution >= 0.6 is 0 Å². The Hall–Kier alpha value is -1.03. The third-order valence-electron chi connectivity index (χ3n) is 3.50. The molecule has 4 heteroatoms. The fourth-order valence-corrected chi connectivity index (χ4v) is 2.64. The standard InChI is InChI=1S/C14H18F3N/c1-10-5-4-7-12(18-10)9-11-6-2-3-8-13(11)14(15,16)17/h2-3,6,8,10,12,18H,4-5,7,9H2,1H3. The van der Waals surface area contributed by atoms with Crippen molar-refractivity contribution in [3.63, 3.8) is 0 Å². The molecule has 100 valence electrons. The van der Waals surface area contributed by atoms with Crippen molar-refractivity contribution in [2.75, 3.05) is 0 Å². The number of hydrogen-bond acceptors (Lipinski definition) is 1. The number of benzene rings is 1. The average Bonchev–Trinajstić information content (AvgIpc) is 2.28. The third kappa shape index (κ3) is 3.25. The van der Waals surface area contributed by atoms with Gasteiger partial charge in [0.05, 0.1) is 5.56 Å². The molecule has 1 aromatic carbocycles. The first kappa shape index (κ1) is 13.4. The topological polar surface area (TPSA) is 12.0 Å². The summed E-state index contributed by atoms with van der Waals surface area (Å²) in [5.74, 6) is 0. The summed E-state index contributed by atoms with van der Waals surface area (Å²) in [4.78, 5) is 0. The third-order valence-corrected chi connectivity index (χ3v) is 3.50. The molecule has 2 atom stereocenters. The Labute approximate surface area is 105 Å². The Morgan fingerprint density at radius 3 is 2.61 bits per heavy atom. The van der Waals surface area contributed by atoms with Gasteiger partial charge in [0, 0.05) is 12.1 Å². The fraction of sp³-hybridized carbons (Fsp3) is 0.571. The summed E-state index contributed by atoms with van der Waals surface area (Å²) >= 11 is 0. The van der Waals surface area contributed by atoms with Crippen molar-refractivity contribution in [1.82, 2.24) is 5.32 Å². The SMILES string of the molecule is CC1CCCC(Cc2ccccc2C(F)(F)F)N1. The molecule has 0 saturated carbocycles. The van der Waals surface area contributed by atoms with E-state index in [4.69, 9.17) is 0 Å². The Morgan fingerprint density at radius 2 is 1.94 bits per heavy atom. The van der Waals surface area contributed by atoms with E-state index in [-0.39, 0.29) is 6.04 Å². The molecule has 0 bridgehead atoms. The molecule has 1 aromatic rings. The molecule has 2 rings (SSSR count). The second-order valence-electron chi connectivity index (χ2n) is 5.05. The predicted molar refractivity (Wildman–Crippen MR) is 65.4 cm³/mol. The highest BCUT2D eigenvalue weighted by Gasteiger charge is 2.33. The van der Waals surface area contributed by atoms with E-state index >= 15 is 0 Å². The van der Waals surface area contributed by atoms with Crippen LogP contribution in [0.1, 0.15) is 37.3 Å². The first-order valence-corrected chi connectivity index (χ1v) is 6.38. The summed E-state index contributed by atoms with van der Waals surface area (Å²) in [6.07, 6.45) is -0.641. The molecule has 1 aliphatic heterocycles. The van der Waals surface area contributed by atoms with E-state index < -0.39 is 11.7 Å². The zero-order valence-corrected chi connectivity index (χ0v) is 10.4. The smallest absolute Gasteiger partial charge is 0.311 e. The van der Waals surface area contributed by atoms with Crippen molar-refractivity contribution in [3.8, 4) is 0 Å². The zero-order chi connectivity index (χ0) is 13.2. The number of piperidine rings is 1. The van der Waals surface area contributed by atoms with Crippen molar-refractivity contribution in [2.45, 2.75) is 50.9 Å². The van der Waals surface area contributed by atoms with Crippen molar-refractivity contribution in [1.29, 1.82) is 0 Å². The molecule has 1 aliphatic rings. The van der Waals surface area contributed by atoms with Crippen LogP contribution in [0.4, 0.5) is 13.2 Å². The summed E-state index contributed by atoms with van der Waals surface area (Å²) in [6, 6.07) is 6.45. The number of halogens is 3. The molecule has 18 heavy (non-hydrogen) atoms. The molecule has 1 fully saturated rings. The van der Waals surface area contributed by atoms with E-state index in [1.165, 1.54) is 12.1 Å². The van der Waals surface area contributed by atoms with Gasteiger partial charge < -0.3 is 5.32 Å². The van der Waals surface area contributed by atoms with Crippen LogP contribution in [0.3, 0.4) is 0 Å². The molecule has 0 spiro atoms. The number of rotatable bonds is 2. The van der Waals surface area contributed by atoms with Gasteiger partial charge in [-0.15, -0.1) is 0 Å². The molecule has 0 aromatic heterocycles. The highest BCUT2D eigenvalue weighted by Crippen LogP contribution is 2.32. The van der Waals surface area contributed by atoms with Crippen LogP contribution in [0.5, 0.6) is 0 Å². The van der Waals surface area contributed by atoms with Crippen LogP contribution < -0.4 is 5.32 Å². The lowest BCUT2D eigenvalue weighted by Gasteiger charge is -2.29. The monoisotopic (exact) mass is 257 g/mol. The lowest BCUT2D eigenvalue weighted by atomic mass is 9.92. The summed E-state index contributed by atoms with van der Waals surface area (Å²) < 4.78 is 38.6. The van der Waals surface area contributed by atoms with Gasteiger partial charge in [-0.2, -0.15) is 13.2 Å². The molecular weight excluding hydrogens is 239 g/mol. The summed E-state index contributed by atoms with van der Waals surface area (Å²) in [7, 11) is 0. The molecule has 2 unspecified atom stereocenters. The van der Waals surface area contributed by atoms with Crippen LogP contribution in [0.2, 0.25) is 0 Å². The van der Waals surface area contributed by atoms with Gasteiger partial charge in [-0.3, -0.25) is 0 Å². The molecule has 0 amide bonds.